The van der Waals surface area contributed by atoms with Gasteiger partial charge >= 0.3 is 5.97 Å². The highest BCUT2D eigenvalue weighted by Gasteiger charge is 2.24. The zero-order valence-electron chi connectivity index (χ0n) is 20.0. The van der Waals surface area contributed by atoms with E-state index in [0.29, 0.717) is 11.3 Å². The second-order valence-electron chi connectivity index (χ2n) is 8.81. The maximum absolute atomic E-state index is 13.3. The lowest BCUT2D eigenvalue weighted by Crippen LogP contribution is -2.42. The predicted octanol–water partition coefficient (Wildman–Crippen LogP) is 5.80. The van der Waals surface area contributed by atoms with E-state index in [0.717, 1.165) is 23.6 Å². The van der Waals surface area contributed by atoms with Crippen molar-refractivity contribution in [1.82, 2.24) is 5.32 Å². The highest BCUT2D eigenvalue weighted by Crippen LogP contribution is 2.31. The smallest absolute Gasteiger partial charge is 0.326 e. The topological polar surface area (TPSA) is 75.6 Å². The number of hydrogen-bond donors (Lipinski definition) is 2. The van der Waals surface area contributed by atoms with Gasteiger partial charge in [-0.2, -0.15) is 0 Å². The van der Waals surface area contributed by atoms with Gasteiger partial charge in [-0.15, -0.1) is 0 Å². The summed E-state index contributed by atoms with van der Waals surface area (Å²) in [6.07, 6.45) is 1.42. The maximum atomic E-state index is 13.3. The molecule has 4 aromatic rings. The van der Waals surface area contributed by atoms with Gasteiger partial charge in [0, 0.05) is 11.8 Å². The van der Waals surface area contributed by atoms with Crippen molar-refractivity contribution in [3.63, 3.8) is 0 Å². The molecular formula is C30H28FNO4. The van der Waals surface area contributed by atoms with Gasteiger partial charge in [-0.3, -0.25) is 4.79 Å². The lowest BCUT2D eigenvalue weighted by molar-refractivity contribution is -0.139. The van der Waals surface area contributed by atoms with E-state index in [9.17, 15) is 19.1 Å². The Morgan fingerprint density at radius 3 is 2.31 bits per heavy atom. The number of carbonyl (C=O) groups excluding carboxylic acids is 1. The molecule has 0 saturated carbocycles. The fraction of sp³-hybridized carbons (Fsp3) is 0.200. The molecule has 184 valence electrons. The highest BCUT2D eigenvalue weighted by molar-refractivity contribution is 6.04. The van der Waals surface area contributed by atoms with E-state index in [1.807, 2.05) is 55.5 Å². The number of halogens is 1. The monoisotopic (exact) mass is 485 g/mol. The molecule has 0 radical (unpaired) electrons. The Labute approximate surface area is 209 Å². The van der Waals surface area contributed by atoms with Crippen molar-refractivity contribution in [2.75, 3.05) is 0 Å². The number of aliphatic carboxylic acids is 1. The number of carboxylic acids is 1. The van der Waals surface area contributed by atoms with E-state index in [4.69, 9.17) is 4.74 Å². The van der Waals surface area contributed by atoms with Gasteiger partial charge in [0.25, 0.3) is 5.91 Å². The zero-order chi connectivity index (χ0) is 25.5. The van der Waals surface area contributed by atoms with E-state index >= 15 is 0 Å². The summed E-state index contributed by atoms with van der Waals surface area (Å²) in [6, 6.07) is 25.6. The fourth-order valence-electron chi connectivity index (χ4n) is 4.12. The first-order chi connectivity index (χ1) is 17.4. The van der Waals surface area contributed by atoms with E-state index < -0.39 is 23.7 Å². The van der Waals surface area contributed by atoms with Gasteiger partial charge in [-0.1, -0.05) is 72.8 Å². The van der Waals surface area contributed by atoms with Gasteiger partial charge in [-0.25, -0.2) is 9.18 Å². The molecular weight excluding hydrogens is 457 g/mol. The van der Waals surface area contributed by atoms with Crippen molar-refractivity contribution < 1.29 is 23.8 Å². The third kappa shape index (κ3) is 6.27. The third-order valence-corrected chi connectivity index (χ3v) is 6.08. The Morgan fingerprint density at radius 2 is 1.58 bits per heavy atom. The number of amides is 1. The van der Waals surface area contributed by atoms with E-state index in [1.165, 1.54) is 29.8 Å². The molecule has 0 aromatic heterocycles. The predicted molar refractivity (Wildman–Crippen MR) is 138 cm³/mol. The molecule has 1 amide bonds. The Hall–Kier alpha value is -4.19. The average molecular weight is 486 g/mol. The van der Waals surface area contributed by atoms with Gasteiger partial charge in [0.2, 0.25) is 0 Å². The van der Waals surface area contributed by atoms with E-state index in [2.05, 4.69) is 17.4 Å². The molecule has 2 atom stereocenters. The Morgan fingerprint density at radius 1 is 0.889 bits per heavy atom. The second-order valence-corrected chi connectivity index (χ2v) is 8.81. The molecule has 6 heteroatoms. The van der Waals surface area contributed by atoms with Crippen molar-refractivity contribution in [1.29, 1.82) is 0 Å². The number of benzene rings is 4. The summed E-state index contributed by atoms with van der Waals surface area (Å²) in [5.74, 6) is -1.70. The number of rotatable bonds is 10. The van der Waals surface area contributed by atoms with Crippen LogP contribution in [0.4, 0.5) is 4.39 Å². The number of carbonyl (C=O) groups is 2. The van der Waals surface area contributed by atoms with Gasteiger partial charge in [0.1, 0.15) is 17.6 Å². The van der Waals surface area contributed by atoms with Crippen molar-refractivity contribution in [2.24, 2.45) is 0 Å². The number of carboxylic acid groups (broad SMARTS) is 1. The van der Waals surface area contributed by atoms with Gasteiger partial charge in [0.05, 0.1) is 11.7 Å². The van der Waals surface area contributed by atoms with Crippen molar-refractivity contribution in [3.8, 4) is 5.75 Å². The highest BCUT2D eigenvalue weighted by atomic mass is 19.1. The number of fused-ring (bicyclic) bond motifs is 1. The first-order valence-corrected chi connectivity index (χ1v) is 11.9. The zero-order valence-corrected chi connectivity index (χ0v) is 20.0. The van der Waals surface area contributed by atoms with Gasteiger partial charge < -0.3 is 15.2 Å². The van der Waals surface area contributed by atoms with Crippen molar-refractivity contribution in [3.05, 3.63) is 114 Å². The van der Waals surface area contributed by atoms with Gasteiger partial charge in [-0.05, 0) is 54.5 Å². The number of aryl methyl sites for hydroxylation is 1. The third-order valence-electron chi connectivity index (χ3n) is 6.08. The fourth-order valence-corrected chi connectivity index (χ4v) is 4.12. The number of hydrogen-bond acceptors (Lipinski definition) is 3. The molecule has 4 aromatic carbocycles. The minimum atomic E-state index is -1.18. The van der Waals surface area contributed by atoms with Crippen LogP contribution in [0.2, 0.25) is 0 Å². The summed E-state index contributed by atoms with van der Waals surface area (Å²) in [7, 11) is 0. The molecule has 0 aliphatic heterocycles. The lowest BCUT2D eigenvalue weighted by Gasteiger charge is -2.21. The molecule has 0 aliphatic carbocycles. The van der Waals surface area contributed by atoms with Gasteiger partial charge in [0.15, 0.2) is 0 Å². The van der Waals surface area contributed by atoms with Crippen LogP contribution in [0.5, 0.6) is 5.75 Å². The molecule has 0 bridgehead atoms. The SMILES string of the molecule is C[C@@H](CCc1ccccc1)Oc1c(C(=O)NC(Cc2ccc(F)cc2)C(=O)O)ccc2ccccc12. The minimum absolute atomic E-state index is 0.0264. The van der Waals surface area contributed by atoms with Crippen LogP contribution in [0, 0.1) is 5.82 Å². The van der Waals surface area contributed by atoms with Crippen LogP contribution >= 0.6 is 0 Å². The average Bonchev–Trinajstić information content (AvgIpc) is 2.89. The Kier molecular flexibility index (Phi) is 7.95. The standard InChI is InChI=1S/C30H28FNO4/c1-20(11-12-21-7-3-2-4-8-21)36-28-25-10-6-5-9-23(25)15-18-26(28)29(33)32-27(30(34)35)19-22-13-16-24(31)17-14-22/h2-10,13-18,20,27H,11-12,19H2,1H3,(H,32,33)(H,34,35)/t20-,27?/m0/s1. The van der Waals surface area contributed by atoms with Crippen molar-refractivity contribution in [2.45, 2.75) is 38.3 Å². The van der Waals surface area contributed by atoms with Crippen LogP contribution in [0.3, 0.4) is 0 Å². The molecule has 0 fully saturated rings. The molecule has 4 rings (SSSR count). The number of nitrogens with one attached hydrogen (secondary N) is 1. The van der Waals surface area contributed by atoms with Crippen LogP contribution in [-0.4, -0.2) is 29.1 Å². The molecule has 2 N–H and O–H groups in total. The molecule has 0 spiro atoms. The van der Waals surface area contributed by atoms with Crippen LogP contribution in [0.25, 0.3) is 10.8 Å². The summed E-state index contributed by atoms with van der Waals surface area (Å²) in [6.45, 7) is 1.96. The van der Waals surface area contributed by atoms with Crippen LogP contribution < -0.4 is 10.1 Å². The summed E-state index contributed by atoms with van der Waals surface area (Å²) >= 11 is 0. The van der Waals surface area contributed by atoms with Crippen LogP contribution in [-0.2, 0) is 17.6 Å². The van der Waals surface area contributed by atoms with E-state index in [1.54, 1.807) is 6.07 Å². The molecule has 0 saturated heterocycles. The number of ether oxygens (including phenoxy) is 1. The molecule has 0 heterocycles. The summed E-state index contributed by atoms with van der Waals surface area (Å²) < 4.78 is 19.6. The largest absolute Gasteiger partial charge is 0.489 e. The van der Waals surface area contributed by atoms with Crippen LogP contribution in [0.15, 0.2) is 91.0 Å². The lowest BCUT2D eigenvalue weighted by atomic mass is 10.0. The molecule has 0 aliphatic rings. The van der Waals surface area contributed by atoms with Crippen LogP contribution in [0.1, 0.15) is 34.8 Å². The maximum Gasteiger partial charge on any atom is 0.326 e. The first-order valence-electron chi connectivity index (χ1n) is 11.9. The first kappa shape index (κ1) is 24.9. The Bertz CT molecular complexity index is 1340. The summed E-state index contributed by atoms with van der Waals surface area (Å²) in [5, 5.41) is 14.0. The quantitative estimate of drug-likeness (QED) is 0.298. The minimum Gasteiger partial charge on any atom is -0.489 e. The molecule has 1 unspecified atom stereocenters. The van der Waals surface area contributed by atoms with Crippen molar-refractivity contribution >= 4 is 22.6 Å². The molecule has 5 nitrogen and oxygen atoms in total. The summed E-state index contributed by atoms with van der Waals surface area (Å²) in [4.78, 5) is 25.2. The normalized spacial score (nSPS) is 12.6. The Balaban J connectivity index is 1.56. The van der Waals surface area contributed by atoms with E-state index in [-0.39, 0.29) is 18.1 Å². The molecule has 36 heavy (non-hydrogen) atoms. The second kappa shape index (κ2) is 11.5. The summed E-state index contributed by atoms with van der Waals surface area (Å²) in [5.41, 5.74) is 2.08.